The van der Waals surface area contributed by atoms with Crippen LogP contribution in [-0.4, -0.2) is 7.11 Å². The van der Waals surface area contributed by atoms with Crippen LogP contribution in [0.5, 0.6) is 5.75 Å². The van der Waals surface area contributed by atoms with Crippen molar-refractivity contribution in [3.8, 4) is 5.75 Å². The van der Waals surface area contributed by atoms with Crippen molar-refractivity contribution in [3.63, 3.8) is 0 Å². The summed E-state index contributed by atoms with van der Waals surface area (Å²) in [6, 6.07) is 14.8. The normalized spacial score (nSPS) is 16.3. The fourth-order valence-corrected chi connectivity index (χ4v) is 3.09. The molecule has 0 aliphatic heterocycles. The van der Waals surface area contributed by atoms with Gasteiger partial charge < -0.3 is 10.5 Å². The molecule has 2 nitrogen and oxygen atoms in total. The fraction of sp³-hybridized carbons (Fsp3) is 0.368. The van der Waals surface area contributed by atoms with Crippen LogP contribution in [-0.2, 0) is 0 Å². The van der Waals surface area contributed by atoms with E-state index in [4.69, 9.17) is 10.5 Å². The first-order valence-corrected chi connectivity index (χ1v) is 7.69. The number of hydrogen-bond acceptors (Lipinski definition) is 2. The summed E-state index contributed by atoms with van der Waals surface area (Å²) in [5.74, 6) is 1.60. The van der Waals surface area contributed by atoms with E-state index < -0.39 is 0 Å². The van der Waals surface area contributed by atoms with E-state index >= 15 is 0 Å². The van der Waals surface area contributed by atoms with Crippen molar-refractivity contribution in [2.45, 2.75) is 38.1 Å². The maximum Gasteiger partial charge on any atom is 0.122 e. The molecular weight excluding hydrogens is 258 g/mol. The lowest BCUT2D eigenvalue weighted by molar-refractivity contribution is 0.410. The third-order valence-corrected chi connectivity index (χ3v) is 4.67. The molecule has 0 radical (unpaired) electrons. The van der Waals surface area contributed by atoms with Gasteiger partial charge >= 0.3 is 0 Å². The van der Waals surface area contributed by atoms with E-state index in [2.05, 4.69) is 49.4 Å². The fourth-order valence-electron chi connectivity index (χ4n) is 3.09. The molecule has 2 aromatic carbocycles. The van der Waals surface area contributed by atoms with E-state index in [9.17, 15) is 0 Å². The van der Waals surface area contributed by atoms with Gasteiger partial charge in [0.15, 0.2) is 0 Å². The van der Waals surface area contributed by atoms with Crippen LogP contribution >= 0.6 is 0 Å². The third kappa shape index (κ3) is 2.68. The van der Waals surface area contributed by atoms with Gasteiger partial charge in [0.25, 0.3) is 0 Å². The van der Waals surface area contributed by atoms with Crippen LogP contribution in [0.25, 0.3) is 0 Å². The SMILES string of the molecule is COc1cc(C(N)c2ccccc2C2CCC2)ccc1C. The minimum absolute atomic E-state index is 0.0868. The molecule has 21 heavy (non-hydrogen) atoms. The predicted molar refractivity (Wildman–Crippen MR) is 86.8 cm³/mol. The highest BCUT2D eigenvalue weighted by Crippen LogP contribution is 2.40. The summed E-state index contributed by atoms with van der Waals surface area (Å²) >= 11 is 0. The highest BCUT2D eigenvalue weighted by molar-refractivity contribution is 5.44. The molecule has 0 heterocycles. The quantitative estimate of drug-likeness (QED) is 0.906. The Morgan fingerprint density at radius 1 is 1.14 bits per heavy atom. The first kappa shape index (κ1) is 14.2. The van der Waals surface area contributed by atoms with Crippen molar-refractivity contribution >= 4 is 0 Å². The maximum absolute atomic E-state index is 6.55. The second-order valence-electron chi connectivity index (χ2n) is 5.96. The number of benzene rings is 2. The lowest BCUT2D eigenvalue weighted by Gasteiger charge is -2.29. The molecule has 0 bridgehead atoms. The summed E-state index contributed by atoms with van der Waals surface area (Å²) in [5.41, 5.74) is 11.5. The zero-order valence-electron chi connectivity index (χ0n) is 12.8. The Morgan fingerprint density at radius 3 is 2.57 bits per heavy atom. The molecule has 1 saturated carbocycles. The highest BCUT2D eigenvalue weighted by Gasteiger charge is 2.24. The summed E-state index contributed by atoms with van der Waals surface area (Å²) in [6.07, 6.45) is 3.93. The minimum Gasteiger partial charge on any atom is -0.496 e. The predicted octanol–water partition coefficient (Wildman–Crippen LogP) is 4.32. The molecule has 2 aromatic rings. The lowest BCUT2D eigenvalue weighted by atomic mass is 9.76. The van der Waals surface area contributed by atoms with Crippen molar-refractivity contribution in [2.24, 2.45) is 5.73 Å². The molecule has 0 aromatic heterocycles. The standard InChI is InChI=1S/C19H23NO/c1-13-10-11-15(12-18(13)21-2)19(20)17-9-4-3-8-16(17)14-6-5-7-14/h3-4,8-12,14,19H,5-7,20H2,1-2H3. The van der Waals surface area contributed by atoms with Gasteiger partial charge in [-0.1, -0.05) is 42.8 Å². The topological polar surface area (TPSA) is 35.2 Å². The van der Waals surface area contributed by atoms with Crippen LogP contribution in [0.15, 0.2) is 42.5 Å². The van der Waals surface area contributed by atoms with Crippen molar-refractivity contribution in [1.82, 2.24) is 0 Å². The third-order valence-electron chi connectivity index (χ3n) is 4.67. The number of nitrogens with two attached hydrogens (primary N) is 1. The molecule has 0 spiro atoms. The van der Waals surface area contributed by atoms with Gasteiger partial charge in [-0.15, -0.1) is 0 Å². The molecule has 1 aliphatic carbocycles. The summed E-state index contributed by atoms with van der Waals surface area (Å²) < 4.78 is 5.43. The number of aryl methyl sites for hydroxylation is 1. The van der Waals surface area contributed by atoms with Gasteiger partial charge in [0.1, 0.15) is 5.75 Å². The van der Waals surface area contributed by atoms with E-state index in [1.807, 2.05) is 0 Å². The van der Waals surface area contributed by atoms with Crippen molar-refractivity contribution < 1.29 is 4.74 Å². The summed E-state index contributed by atoms with van der Waals surface area (Å²) in [4.78, 5) is 0. The van der Waals surface area contributed by atoms with Crippen molar-refractivity contribution in [2.75, 3.05) is 7.11 Å². The second-order valence-corrected chi connectivity index (χ2v) is 5.96. The first-order chi connectivity index (χ1) is 10.2. The minimum atomic E-state index is -0.0868. The van der Waals surface area contributed by atoms with Crippen molar-refractivity contribution in [3.05, 3.63) is 64.7 Å². The lowest BCUT2D eigenvalue weighted by Crippen LogP contribution is -2.18. The van der Waals surface area contributed by atoms with Gasteiger partial charge in [0, 0.05) is 0 Å². The smallest absolute Gasteiger partial charge is 0.122 e. The van der Waals surface area contributed by atoms with E-state index in [1.54, 1.807) is 7.11 Å². The maximum atomic E-state index is 6.55. The first-order valence-electron chi connectivity index (χ1n) is 7.69. The van der Waals surface area contributed by atoms with Gasteiger partial charge in [-0.3, -0.25) is 0 Å². The molecule has 2 heteroatoms. The average molecular weight is 281 g/mol. The Bertz CT molecular complexity index is 631. The van der Waals surface area contributed by atoms with Gasteiger partial charge in [0.2, 0.25) is 0 Å². The molecule has 1 fully saturated rings. The summed E-state index contributed by atoms with van der Waals surface area (Å²) in [6.45, 7) is 2.05. The largest absolute Gasteiger partial charge is 0.496 e. The zero-order chi connectivity index (χ0) is 14.8. The highest BCUT2D eigenvalue weighted by atomic mass is 16.5. The van der Waals surface area contributed by atoms with E-state index in [0.29, 0.717) is 5.92 Å². The monoisotopic (exact) mass is 281 g/mol. The summed E-state index contributed by atoms with van der Waals surface area (Å²) in [7, 11) is 1.71. The molecule has 1 aliphatic rings. The molecular formula is C19H23NO. The number of hydrogen-bond donors (Lipinski definition) is 1. The number of rotatable bonds is 4. The average Bonchev–Trinajstić information content (AvgIpc) is 2.46. The van der Waals surface area contributed by atoms with Crippen LogP contribution in [0.4, 0.5) is 0 Å². The summed E-state index contributed by atoms with van der Waals surface area (Å²) in [5, 5.41) is 0. The van der Waals surface area contributed by atoms with Crippen LogP contribution in [0.3, 0.4) is 0 Å². The Balaban J connectivity index is 1.96. The zero-order valence-corrected chi connectivity index (χ0v) is 12.8. The van der Waals surface area contributed by atoms with Crippen LogP contribution in [0, 0.1) is 6.92 Å². The van der Waals surface area contributed by atoms with Gasteiger partial charge in [-0.2, -0.15) is 0 Å². The molecule has 110 valence electrons. The Kier molecular flexibility index (Phi) is 3.98. The van der Waals surface area contributed by atoms with Crippen molar-refractivity contribution in [1.29, 1.82) is 0 Å². The van der Waals surface area contributed by atoms with Gasteiger partial charge in [-0.05, 0) is 54.0 Å². The van der Waals surface area contributed by atoms with Gasteiger partial charge in [0.05, 0.1) is 13.2 Å². The van der Waals surface area contributed by atoms with Crippen LogP contribution in [0.2, 0.25) is 0 Å². The second kappa shape index (κ2) is 5.90. The molecule has 1 atom stereocenters. The molecule has 0 amide bonds. The Morgan fingerprint density at radius 2 is 1.90 bits per heavy atom. The van der Waals surface area contributed by atoms with Crippen LogP contribution in [0.1, 0.15) is 53.5 Å². The number of methoxy groups -OCH3 is 1. The Labute approximate surface area is 126 Å². The van der Waals surface area contributed by atoms with E-state index in [0.717, 1.165) is 16.9 Å². The number of ether oxygens (including phenoxy) is 1. The van der Waals surface area contributed by atoms with E-state index in [1.165, 1.54) is 30.4 Å². The molecule has 0 saturated heterocycles. The van der Waals surface area contributed by atoms with E-state index in [-0.39, 0.29) is 6.04 Å². The molecule has 3 rings (SSSR count). The Hall–Kier alpha value is -1.80. The molecule has 1 unspecified atom stereocenters. The molecule has 2 N–H and O–H groups in total. The van der Waals surface area contributed by atoms with Crippen LogP contribution < -0.4 is 10.5 Å². The van der Waals surface area contributed by atoms with Gasteiger partial charge in [-0.25, -0.2) is 0 Å².